The Labute approximate surface area is 134 Å². The van der Waals surface area contributed by atoms with Crippen LogP contribution in [-0.2, 0) is 4.79 Å². The first-order chi connectivity index (χ1) is 11.1. The van der Waals surface area contributed by atoms with E-state index in [9.17, 15) is 4.79 Å². The minimum atomic E-state index is -0.0917. The third-order valence-corrected chi connectivity index (χ3v) is 3.83. The van der Waals surface area contributed by atoms with Gasteiger partial charge >= 0.3 is 0 Å². The van der Waals surface area contributed by atoms with E-state index < -0.39 is 0 Å². The molecule has 0 aromatic heterocycles. The van der Waals surface area contributed by atoms with Crippen molar-refractivity contribution < 1.29 is 9.53 Å². The Balaban J connectivity index is 2.20. The number of fused-ring (bicyclic) bond motifs is 1. The zero-order valence-corrected chi connectivity index (χ0v) is 12.9. The van der Waals surface area contributed by atoms with Crippen molar-refractivity contribution in [1.82, 2.24) is 0 Å². The van der Waals surface area contributed by atoms with E-state index in [-0.39, 0.29) is 12.5 Å². The largest absolute Gasteiger partial charge is 0.497 e. The maximum atomic E-state index is 12.2. The van der Waals surface area contributed by atoms with Crippen molar-refractivity contribution in [3.8, 4) is 11.8 Å². The zero-order valence-electron chi connectivity index (χ0n) is 12.9. The molecular formula is C18H15N3O2. The molecule has 1 aliphatic heterocycles. The average molecular weight is 305 g/mol. The number of benzene rings is 2. The first-order valence-electron chi connectivity index (χ1n) is 7.14. The predicted molar refractivity (Wildman–Crippen MR) is 88.1 cm³/mol. The number of nitrogens with zero attached hydrogens (tertiary/aromatic N) is 3. The summed E-state index contributed by atoms with van der Waals surface area (Å²) in [7, 11) is 3.32. The average Bonchev–Trinajstić information content (AvgIpc) is 2.72. The monoisotopic (exact) mass is 305 g/mol. The molecular weight excluding hydrogens is 290 g/mol. The Kier molecular flexibility index (Phi) is 3.82. The second-order valence-electron chi connectivity index (χ2n) is 5.19. The van der Waals surface area contributed by atoms with Crippen molar-refractivity contribution in [3.63, 3.8) is 0 Å². The van der Waals surface area contributed by atoms with Gasteiger partial charge in [0, 0.05) is 24.2 Å². The Bertz CT molecular complexity index is 850. The van der Waals surface area contributed by atoms with Crippen LogP contribution in [0.25, 0.3) is 0 Å². The molecule has 1 aliphatic rings. The molecule has 5 nitrogen and oxygen atoms in total. The van der Waals surface area contributed by atoms with Gasteiger partial charge in [-0.05, 0) is 24.3 Å². The maximum absolute atomic E-state index is 12.2. The van der Waals surface area contributed by atoms with E-state index in [1.165, 1.54) is 0 Å². The topological polar surface area (TPSA) is 65.7 Å². The third kappa shape index (κ3) is 2.67. The minimum Gasteiger partial charge on any atom is -0.497 e. The number of ether oxygens (including phenoxy) is 1. The third-order valence-electron chi connectivity index (χ3n) is 3.83. The number of anilines is 1. The van der Waals surface area contributed by atoms with Crippen LogP contribution in [0.1, 0.15) is 16.7 Å². The fourth-order valence-electron chi connectivity index (χ4n) is 2.57. The van der Waals surface area contributed by atoms with Gasteiger partial charge in [0.2, 0.25) is 5.91 Å². The van der Waals surface area contributed by atoms with Crippen molar-refractivity contribution in [2.45, 2.75) is 0 Å². The number of carbonyl (C=O) groups excluding carboxylic acids is 1. The second-order valence-corrected chi connectivity index (χ2v) is 5.19. The molecule has 0 spiro atoms. The van der Waals surface area contributed by atoms with Crippen LogP contribution in [0.2, 0.25) is 0 Å². The number of rotatable bonds is 2. The van der Waals surface area contributed by atoms with E-state index in [4.69, 9.17) is 10.00 Å². The summed E-state index contributed by atoms with van der Waals surface area (Å²) in [6, 6.07) is 14.9. The fraction of sp³-hybridized carbons (Fsp3) is 0.167. The molecule has 0 saturated carbocycles. The van der Waals surface area contributed by atoms with E-state index in [2.05, 4.69) is 11.1 Å². The van der Waals surface area contributed by atoms with Crippen molar-refractivity contribution in [1.29, 1.82) is 5.26 Å². The number of hydrogen-bond acceptors (Lipinski definition) is 4. The number of benzodiazepines with no additional fused rings is 1. The van der Waals surface area contributed by atoms with Crippen LogP contribution >= 0.6 is 0 Å². The Hall–Kier alpha value is -3.13. The van der Waals surface area contributed by atoms with Crippen molar-refractivity contribution >= 4 is 17.3 Å². The van der Waals surface area contributed by atoms with Gasteiger partial charge in [0.1, 0.15) is 12.3 Å². The van der Waals surface area contributed by atoms with Crippen LogP contribution in [-0.4, -0.2) is 32.3 Å². The lowest BCUT2D eigenvalue weighted by molar-refractivity contribution is -0.116. The first-order valence-corrected chi connectivity index (χ1v) is 7.14. The van der Waals surface area contributed by atoms with Gasteiger partial charge in [-0.3, -0.25) is 9.79 Å². The first kappa shape index (κ1) is 14.8. The van der Waals surface area contributed by atoms with Crippen molar-refractivity contribution in [2.75, 3.05) is 25.6 Å². The summed E-state index contributed by atoms with van der Waals surface area (Å²) in [5, 5.41) is 9.09. The number of hydrogen-bond donors (Lipinski definition) is 0. The highest BCUT2D eigenvalue weighted by Gasteiger charge is 2.23. The number of aliphatic imine (C=N–C) groups is 1. The van der Waals surface area contributed by atoms with Gasteiger partial charge in [0.05, 0.1) is 30.1 Å². The maximum Gasteiger partial charge on any atom is 0.248 e. The molecule has 0 saturated heterocycles. The van der Waals surface area contributed by atoms with Crippen molar-refractivity contribution in [2.24, 2.45) is 4.99 Å². The number of amides is 1. The van der Waals surface area contributed by atoms with E-state index in [1.54, 1.807) is 31.2 Å². The lowest BCUT2D eigenvalue weighted by Gasteiger charge is -2.18. The summed E-state index contributed by atoms with van der Waals surface area (Å²) in [6.07, 6.45) is 0. The number of methoxy groups -OCH3 is 1. The summed E-state index contributed by atoms with van der Waals surface area (Å²) < 4.78 is 5.26. The van der Waals surface area contributed by atoms with Crippen LogP contribution in [0, 0.1) is 11.3 Å². The Morgan fingerprint density at radius 2 is 2.09 bits per heavy atom. The molecule has 0 bridgehead atoms. The summed E-state index contributed by atoms with van der Waals surface area (Å²) in [6.45, 7) is 0.0691. The summed E-state index contributed by atoms with van der Waals surface area (Å²) in [5.74, 6) is 0.585. The van der Waals surface area contributed by atoms with E-state index in [0.29, 0.717) is 17.0 Å². The van der Waals surface area contributed by atoms with E-state index >= 15 is 0 Å². The lowest BCUT2D eigenvalue weighted by Crippen LogP contribution is -2.27. The Morgan fingerprint density at radius 3 is 2.83 bits per heavy atom. The molecule has 5 heteroatoms. The quantitative estimate of drug-likeness (QED) is 0.855. The van der Waals surface area contributed by atoms with Gasteiger partial charge in [-0.15, -0.1) is 0 Å². The molecule has 2 aromatic carbocycles. The summed E-state index contributed by atoms with van der Waals surface area (Å²) in [4.78, 5) is 18.3. The van der Waals surface area contributed by atoms with Crippen molar-refractivity contribution in [3.05, 3.63) is 59.2 Å². The number of carbonyl (C=O) groups is 1. The van der Waals surface area contributed by atoms with Crippen LogP contribution in [0.4, 0.5) is 5.69 Å². The van der Waals surface area contributed by atoms with Gasteiger partial charge < -0.3 is 9.64 Å². The molecule has 3 rings (SSSR count). The molecule has 114 valence electrons. The molecule has 0 atom stereocenters. The SMILES string of the molecule is COc1ccc2c(c1)N(C)C(=O)CN=C2c1cccc(C#N)c1. The molecule has 2 aromatic rings. The van der Waals surface area contributed by atoms with Crippen LogP contribution < -0.4 is 9.64 Å². The highest BCUT2D eigenvalue weighted by atomic mass is 16.5. The predicted octanol–water partition coefficient (Wildman–Crippen LogP) is 2.38. The minimum absolute atomic E-state index is 0.0691. The summed E-state index contributed by atoms with van der Waals surface area (Å²) >= 11 is 0. The zero-order chi connectivity index (χ0) is 16.4. The molecule has 0 fully saturated rings. The summed E-state index contributed by atoms with van der Waals surface area (Å²) in [5.41, 5.74) is 3.67. The van der Waals surface area contributed by atoms with E-state index in [0.717, 1.165) is 16.8 Å². The number of likely N-dealkylation sites (N-methyl/N-ethyl adjacent to an activating group) is 1. The molecule has 0 unspecified atom stereocenters. The molecule has 0 N–H and O–H groups in total. The highest BCUT2D eigenvalue weighted by molar-refractivity contribution is 6.19. The van der Waals surface area contributed by atoms with Gasteiger partial charge in [-0.25, -0.2) is 0 Å². The number of nitriles is 1. The molecule has 1 heterocycles. The van der Waals surface area contributed by atoms with Crippen LogP contribution in [0.3, 0.4) is 0 Å². The molecule has 0 radical (unpaired) electrons. The molecule has 23 heavy (non-hydrogen) atoms. The highest BCUT2D eigenvalue weighted by Crippen LogP contribution is 2.30. The Morgan fingerprint density at radius 1 is 1.26 bits per heavy atom. The molecule has 0 aliphatic carbocycles. The van der Waals surface area contributed by atoms with E-state index in [1.807, 2.05) is 30.3 Å². The smallest absolute Gasteiger partial charge is 0.248 e. The normalized spacial score (nSPS) is 13.7. The fourth-order valence-corrected chi connectivity index (χ4v) is 2.57. The van der Waals surface area contributed by atoms with Gasteiger partial charge in [0.15, 0.2) is 0 Å². The van der Waals surface area contributed by atoms with Crippen LogP contribution in [0.15, 0.2) is 47.5 Å². The van der Waals surface area contributed by atoms with Crippen LogP contribution in [0.5, 0.6) is 5.75 Å². The molecule has 1 amide bonds. The van der Waals surface area contributed by atoms with Gasteiger partial charge in [-0.2, -0.15) is 5.26 Å². The van der Waals surface area contributed by atoms with Gasteiger partial charge in [-0.1, -0.05) is 12.1 Å². The standard InChI is InChI=1S/C18H15N3O2/c1-21-16-9-14(23-2)6-7-15(16)18(20-11-17(21)22)13-5-3-4-12(8-13)10-19/h3-9H,11H2,1-2H3. The second kappa shape index (κ2) is 5.93. The lowest BCUT2D eigenvalue weighted by atomic mass is 9.98. The van der Waals surface area contributed by atoms with Gasteiger partial charge in [0.25, 0.3) is 0 Å².